The fraction of sp³-hybridized carbons (Fsp3) is 0.917. The summed E-state index contributed by atoms with van der Waals surface area (Å²) in [4.78, 5) is 10.5. The highest BCUT2D eigenvalue weighted by Crippen LogP contribution is 1.95. The van der Waals surface area contributed by atoms with Gasteiger partial charge in [-0.15, -0.1) is 0 Å². The molecular formula is C12H29NO3. The minimum absolute atomic E-state index is 0. The van der Waals surface area contributed by atoms with E-state index in [2.05, 4.69) is 18.6 Å². The average Bonchev–Trinajstić information content (AvgIpc) is 2.25. The molecule has 0 heterocycles. The molecule has 100 valence electrons. The Kier molecular flexibility index (Phi) is 25.8. The molecule has 0 atom stereocenters. The highest BCUT2D eigenvalue weighted by Gasteiger charge is 1.97. The second-order valence-electron chi connectivity index (χ2n) is 3.34. The summed E-state index contributed by atoms with van der Waals surface area (Å²) in [6.45, 7) is 6.70. The molecule has 0 fully saturated rings. The molecule has 0 bridgehead atoms. The molecule has 0 aliphatic heterocycles. The zero-order chi connectivity index (χ0) is 11.9. The Morgan fingerprint density at radius 1 is 1.06 bits per heavy atom. The number of carbonyl (C=O) groups excluding carboxylic acids is 1. The van der Waals surface area contributed by atoms with Gasteiger partial charge in [-0.1, -0.05) is 39.5 Å². The van der Waals surface area contributed by atoms with Crippen LogP contribution in [0.3, 0.4) is 0 Å². The summed E-state index contributed by atoms with van der Waals surface area (Å²) in [7, 11) is 0. The van der Waals surface area contributed by atoms with Gasteiger partial charge in [0.15, 0.2) is 0 Å². The summed E-state index contributed by atoms with van der Waals surface area (Å²) < 4.78 is 4.59. The van der Waals surface area contributed by atoms with Gasteiger partial charge in [-0.25, -0.2) is 0 Å². The summed E-state index contributed by atoms with van der Waals surface area (Å²) in [5, 5.41) is 8.28. The number of ether oxygens (including phenoxy) is 1. The van der Waals surface area contributed by atoms with Crippen LogP contribution in [0, 0.1) is 0 Å². The molecule has 0 saturated heterocycles. The maximum Gasteiger partial charge on any atom is 0.305 e. The minimum atomic E-state index is -0.230. The third-order valence-corrected chi connectivity index (χ3v) is 1.80. The molecule has 4 N–H and O–H groups in total. The van der Waals surface area contributed by atoms with Crippen molar-refractivity contribution in [3.63, 3.8) is 0 Å². The first-order chi connectivity index (χ1) is 7.22. The van der Waals surface area contributed by atoms with Gasteiger partial charge in [-0.05, 0) is 13.3 Å². The summed E-state index contributed by atoms with van der Waals surface area (Å²) in [6.07, 6.45) is 6.36. The van der Waals surface area contributed by atoms with E-state index in [1.165, 1.54) is 25.7 Å². The number of rotatable bonds is 7. The van der Waals surface area contributed by atoms with Crippen LogP contribution in [-0.4, -0.2) is 24.3 Å². The Balaban J connectivity index is -0.000000214. The van der Waals surface area contributed by atoms with Gasteiger partial charge in [-0.2, -0.15) is 0 Å². The van der Waals surface area contributed by atoms with Gasteiger partial charge in [0, 0.05) is 13.0 Å². The third-order valence-electron chi connectivity index (χ3n) is 1.80. The van der Waals surface area contributed by atoms with Crippen molar-refractivity contribution in [2.24, 2.45) is 0 Å². The predicted molar refractivity (Wildman–Crippen MR) is 67.8 cm³/mol. The van der Waals surface area contributed by atoms with Crippen molar-refractivity contribution in [2.45, 2.75) is 59.3 Å². The number of aliphatic hydroxyl groups is 1. The Morgan fingerprint density at radius 2 is 1.56 bits per heavy atom. The van der Waals surface area contributed by atoms with Gasteiger partial charge in [0.2, 0.25) is 0 Å². The molecule has 0 aromatic rings. The highest BCUT2D eigenvalue weighted by atomic mass is 16.5. The fourth-order valence-corrected chi connectivity index (χ4v) is 0.957. The molecular weight excluding hydrogens is 206 g/mol. The molecule has 0 aromatic heterocycles. The van der Waals surface area contributed by atoms with Crippen LogP contribution in [0.4, 0.5) is 0 Å². The molecule has 4 nitrogen and oxygen atoms in total. The van der Waals surface area contributed by atoms with Crippen LogP contribution in [0.5, 0.6) is 0 Å². The second kappa shape index (κ2) is 19.9. The molecule has 0 rings (SSSR count). The van der Waals surface area contributed by atoms with E-state index in [0.717, 1.165) is 0 Å². The van der Waals surface area contributed by atoms with Gasteiger partial charge in [0.25, 0.3) is 0 Å². The number of hydrogen-bond acceptors (Lipinski definition) is 4. The Morgan fingerprint density at radius 3 is 1.88 bits per heavy atom. The second-order valence-corrected chi connectivity index (χ2v) is 3.34. The van der Waals surface area contributed by atoms with Gasteiger partial charge in [0.05, 0.1) is 6.61 Å². The van der Waals surface area contributed by atoms with Gasteiger partial charge < -0.3 is 16.0 Å². The Hall–Kier alpha value is -0.610. The molecule has 4 heteroatoms. The topological polar surface area (TPSA) is 81.5 Å². The lowest BCUT2D eigenvalue weighted by Crippen LogP contribution is -2.03. The van der Waals surface area contributed by atoms with Crippen molar-refractivity contribution >= 4 is 5.97 Å². The molecule has 0 amide bonds. The number of aliphatic hydroxyl groups excluding tert-OH is 1. The molecule has 0 saturated carbocycles. The van der Waals surface area contributed by atoms with E-state index in [0.29, 0.717) is 19.4 Å². The first kappa shape index (κ1) is 20.8. The minimum Gasteiger partial charge on any atom is -0.466 e. The van der Waals surface area contributed by atoms with Crippen molar-refractivity contribution in [3.05, 3.63) is 0 Å². The number of unbranched alkanes of at least 4 members (excludes halogenated alkanes) is 3. The smallest absolute Gasteiger partial charge is 0.305 e. The SMILES string of the molecule is CCCCCC.CCOC(=O)CCCO.[14NH3]. The largest absolute Gasteiger partial charge is 0.466 e. The van der Waals surface area contributed by atoms with Gasteiger partial charge in [0.1, 0.15) is 0 Å². The van der Waals surface area contributed by atoms with E-state index >= 15 is 0 Å². The fourth-order valence-electron chi connectivity index (χ4n) is 0.957. The number of carbonyl (C=O) groups is 1. The van der Waals surface area contributed by atoms with Crippen molar-refractivity contribution in [2.75, 3.05) is 13.2 Å². The first-order valence-electron chi connectivity index (χ1n) is 5.99. The van der Waals surface area contributed by atoms with Crippen LogP contribution in [0.1, 0.15) is 59.3 Å². The number of hydrogen-bond donors (Lipinski definition) is 2. The lowest BCUT2D eigenvalue weighted by molar-refractivity contribution is -0.143. The molecule has 0 aliphatic carbocycles. The van der Waals surface area contributed by atoms with Crippen molar-refractivity contribution in [1.82, 2.24) is 6.15 Å². The molecule has 0 radical (unpaired) electrons. The number of esters is 1. The lowest BCUT2D eigenvalue weighted by Gasteiger charge is -1.97. The first-order valence-corrected chi connectivity index (χ1v) is 5.99. The highest BCUT2D eigenvalue weighted by molar-refractivity contribution is 5.69. The standard InChI is InChI=1S/C6H12O3.C6H14.H3N/c1-2-9-6(8)4-3-5-7;1-3-5-6-4-2;/h7H,2-5H2,1H3;3-6H2,1-2H3;1H3/i;;1+0. The predicted octanol–water partition coefficient (Wildman–Crippen LogP) is 3.07. The van der Waals surface area contributed by atoms with Crippen molar-refractivity contribution < 1.29 is 14.6 Å². The van der Waals surface area contributed by atoms with Crippen LogP contribution in [-0.2, 0) is 9.53 Å². The van der Waals surface area contributed by atoms with Crippen molar-refractivity contribution in [3.8, 4) is 0 Å². The van der Waals surface area contributed by atoms with Crippen molar-refractivity contribution in [1.29, 1.82) is 0 Å². The quantitative estimate of drug-likeness (QED) is 0.525. The average molecular weight is 235 g/mol. The van der Waals surface area contributed by atoms with Crippen LogP contribution in [0.15, 0.2) is 0 Å². The lowest BCUT2D eigenvalue weighted by atomic mass is 10.2. The molecule has 0 spiro atoms. The Bertz CT molecular complexity index is 125. The van der Waals surface area contributed by atoms with E-state index in [-0.39, 0.29) is 18.7 Å². The van der Waals surface area contributed by atoms with E-state index < -0.39 is 0 Å². The van der Waals surface area contributed by atoms with Gasteiger partial charge in [-0.3, -0.25) is 4.79 Å². The van der Waals surface area contributed by atoms with E-state index in [9.17, 15) is 4.79 Å². The maximum atomic E-state index is 10.5. The summed E-state index contributed by atoms with van der Waals surface area (Å²) in [6, 6.07) is 0. The van der Waals surface area contributed by atoms with E-state index in [1.807, 2.05) is 0 Å². The molecule has 16 heavy (non-hydrogen) atoms. The summed E-state index contributed by atoms with van der Waals surface area (Å²) in [5.74, 6) is -0.230. The monoisotopic (exact) mass is 235 g/mol. The van der Waals surface area contributed by atoms with Crippen LogP contribution < -0.4 is 6.15 Å². The van der Waals surface area contributed by atoms with Crippen LogP contribution >= 0.6 is 0 Å². The normalized spacial score (nSPS) is 8.50. The maximum absolute atomic E-state index is 10.5. The summed E-state index contributed by atoms with van der Waals surface area (Å²) >= 11 is 0. The third kappa shape index (κ3) is 23.3. The van der Waals surface area contributed by atoms with Crippen LogP contribution in [0.25, 0.3) is 0 Å². The van der Waals surface area contributed by atoms with Crippen LogP contribution in [0.2, 0.25) is 0 Å². The van der Waals surface area contributed by atoms with E-state index in [4.69, 9.17) is 5.11 Å². The van der Waals surface area contributed by atoms with E-state index in [1.54, 1.807) is 6.92 Å². The van der Waals surface area contributed by atoms with Gasteiger partial charge >= 0.3 is 5.97 Å². The molecule has 0 aromatic carbocycles. The molecule has 0 aliphatic rings. The Labute approximate surface area is 100.0 Å². The zero-order valence-corrected chi connectivity index (χ0v) is 11.1. The summed E-state index contributed by atoms with van der Waals surface area (Å²) in [5.41, 5.74) is 0. The molecule has 0 unspecified atom stereocenters. The zero-order valence-electron chi connectivity index (χ0n) is 11.1.